The molecular weight excluding hydrogens is 428 g/mol. The van der Waals surface area contributed by atoms with Gasteiger partial charge in [-0.2, -0.15) is 5.10 Å². The maximum absolute atomic E-state index is 13.0. The first-order chi connectivity index (χ1) is 15.4. The molecule has 0 unspecified atom stereocenters. The third-order valence-electron chi connectivity index (χ3n) is 5.04. The van der Waals surface area contributed by atoms with E-state index in [-0.39, 0.29) is 17.6 Å². The number of nitrogens with one attached hydrogen (secondary N) is 1. The lowest BCUT2D eigenvalue weighted by atomic mass is 9.98. The fourth-order valence-electron chi connectivity index (χ4n) is 3.53. The van der Waals surface area contributed by atoms with Crippen molar-refractivity contribution in [3.05, 3.63) is 111 Å². The Kier molecular flexibility index (Phi) is 6.00. The van der Waals surface area contributed by atoms with Gasteiger partial charge in [-0.15, -0.1) is 0 Å². The molecule has 7 nitrogen and oxygen atoms in total. The lowest BCUT2D eigenvalue weighted by Crippen LogP contribution is -2.37. The van der Waals surface area contributed by atoms with E-state index in [4.69, 9.17) is 17.3 Å². The van der Waals surface area contributed by atoms with Gasteiger partial charge in [0.2, 0.25) is 5.91 Å². The molecule has 0 bridgehead atoms. The molecule has 1 atom stereocenters. The zero-order chi connectivity index (χ0) is 22.7. The van der Waals surface area contributed by atoms with Gasteiger partial charge in [-0.1, -0.05) is 72.3 Å². The molecule has 3 N–H and O–H groups in total. The lowest BCUT2D eigenvalue weighted by Gasteiger charge is -2.20. The van der Waals surface area contributed by atoms with Gasteiger partial charge in [0.25, 0.3) is 11.5 Å². The molecule has 0 aliphatic carbocycles. The second-order valence-electron chi connectivity index (χ2n) is 7.18. The van der Waals surface area contributed by atoms with Crippen molar-refractivity contribution in [2.45, 2.75) is 12.6 Å². The van der Waals surface area contributed by atoms with E-state index in [1.54, 1.807) is 36.4 Å². The van der Waals surface area contributed by atoms with Gasteiger partial charge in [0.1, 0.15) is 6.54 Å². The summed E-state index contributed by atoms with van der Waals surface area (Å²) in [5.41, 5.74) is 6.58. The molecular formula is C24H19ClN4O3. The third kappa shape index (κ3) is 4.38. The molecule has 4 aromatic rings. The van der Waals surface area contributed by atoms with Gasteiger partial charge in [0.05, 0.1) is 11.4 Å². The highest BCUT2D eigenvalue weighted by atomic mass is 35.5. The van der Waals surface area contributed by atoms with Crippen LogP contribution in [0.3, 0.4) is 0 Å². The van der Waals surface area contributed by atoms with E-state index in [2.05, 4.69) is 10.4 Å². The molecule has 0 radical (unpaired) electrons. The predicted octanol–water partition coefficient (Wildman–Crippen LogP) is 3.05. The standard InChI is InChI=1S/C24H19ClN4O3/c25-17-12-10-16(11-13-17)21(15-6-2-1-3-7-15)27-20(30)14-29-24(32)19-9-5-4-8-18(19)22(28-29)23(26)31/h1-13,21H,14H2,(H2,26,31)(H,27,30)/t21-/m0/s1. The molecule has 0 saturated heterocycles. The van der Waals surface area contributed by atoms with E-state index in [1.165, 1.54) is 0 Å². The Bertz CT molecular complexity index is 1350. The number of carbonyl (C=O) groups is 2. The fourth-order valence-corrected chi connectivity index (χ4v) is 3.65. The Hall–Kier alpha value is -3.97. The van der Waals surface area contributed by atoms with Gasteiger partial charge in [0, 0.05) is 10.4 Å². The first kappa shape index (κ1) is 21.3. The van der Waals surface area contributed by atoms with Gasteiger partial charge < -0.3 is 11.1 Å². The second-order valence-corrected chi connectivity index (χ2v) is 7.62. The van der Waals surface area contributed by atoms with Gasteiger partial charge in [0.15, 0.2) is 5.69 Å². The van der Waals surface area contributed by atoms with Crippen molar-refractivity contribution in [1.29, 1.82) is 0 Å². The van der Waals surface area contributed by atoms with Crippen LogP contribution in [0.15, 0.2) is 83.7 Å². The van der Waals surface area contributed by atoms with Gasteiger partial charge in [-0.05, 0) is 29.3 Å². The highest BCUT2D eigenvalue weighted by molar-refractivity contribution is 6.30. The van der Waals surface area contributed by atoms with Crippen molar-refractivity contribution in [1.82, 2.24) is 15.1 Å². The lowest BCUT2D eigenvalue weighted by molar-refractivity contribution is -0.122. The minimum absolute atomic E-state index is 0.0645. The number of primary amides is 1. The number of rotatable bonds is 6. The molecule has 0 fully saturated rings. The topological polar surface area (TPSA) is 107 Å². The number of halogens is 1. The Morgan fingerprint density at radius 1 is 0.906 bits per heavy atom. The average Bonchev–Trinajstić information content (AvgIpc) is 2.80. The molecule has 1 aromatic heterocycles. The number of carbonyl (C=O) groups excluding carboxylic acids is 2. The fraction of sp³-hybridized carbons (Fsp3) is 0.0833. The van der Waals surface area contributed by atoms with Crippen molar-refractivity contribution in [2.75, 3.05) is 0 Å². The van der Waals surface area contributed by atoms with Crippen LogP contribution in [-0.2, 0) is 11.3 Å². The van der Waals surface area contributed by atoms with Crippen LogP contribution < -0.4 is 16.6 Å². The van der Waals surface area contributed by atoms with Crippen molar-refractivity contribution in [3.63, 3.8) is 0 Å². The van der Waals surface area contributed by atoms with Crippen molar-refractivity contribution >= 4 is 34.2 Å². The first-order valence-corrected chi connectivity index (χ1v) is 10.2. The molecule has 0 spiro atoms. The molecule has 1 heterocycles. The zero-order valence-electron chi connectivity index (χ0n) is 16.9. The van der Waals surface area contributed by atoms with Crippen molar-refractivity contribution < 1.29 is 9.59 Å². The van der Waals surface area contributed by atoms with E-state index >= 15 is 0 Å². The first-order valence-electron chi connectivity index (χ1n) is 9.83. The largest absolute Gasteiger partial charge is 0.364 e. The summed E-state index contributed by atoms with van der Waals surface area (Å²) >= 11 is 6.01. The predicted molar refractivity (Wildman–Crippen MR) is 122 cm³/mol. The zero-order valence-corrected chi connectivity index (χ0v) is 17.6. The summed E-state index contributed by atoms with van der Waals surface area (Å²) in [6.45, 7) is -0.374. The smallest absolute Gasteiger partial charge is 0.275 e. The van der Waals surface area contributed by atoms with Crippen molar-refractivity contribution in [2.24, 2.45) is 5.73 Å². The molecule has 0 saturated carbocycles. The van der Waals surface area contributed by atoms with E-state index < -0.39 is 23.4 Å². The number of amides is 2. The molecule has 8 heteroatoms. The summed E-state index contributed by atoms with van der Waals surface area (Å²) in [6.07, 6.45) is 0. The molecule has 32 heavy (non-hydrogen) atoms. The number of nitrogens with two attached hydrogens (primary N) is 1. The third-order valence-corrected chi connectivity index (χ3v) is 5.29. The summed E-state index contributed by atoms with van der Waals surface area (Å²) in [7, 11) is 0. The minimum Gasteiger partial charge on any atom is -0.364 e. The molecule has 4 rings (SSSR count). The number of benzene rings is 3. The number of hydrogen-bond donors (Lipinski definition) is 2. The van der Waals surface area contributed by atoms with Crippen LogP contribution in [0.5, 0.6) is 0 Å². The molecule has 2 amide bonds. The van der Waals surface area contributed by atoms with Crippen LogP contribution in [-0.4, -0.2) is 21.6 Å². The maximum Gasteiger partial charge on any atom is 0.275 e. The van der Waals surface area contributed by atoms with Crippen LogP contribution in [0.2, 0.25) is 5.02 Å². The van der Waals surface area contributed by atoms with E-state index in [0.29, 0.717) is 10.4 Å². The number of hydrogen-bond acceptors (Lipinski definition) is 4. The van der Waals surface area contributed by atoms with Crippen molar-refractivity contribution in [3.8, 4) is 0 Å². The summed E-state index contributed by atoms with van der Waals surface area (Å²) in [4.78, 5) is 37.7. The summed E-state index contributed by atoms with van der Waals surface area (Å²) in [5, 5.41) is 8.20. The average molecular weight is 447 g/mol. The Morgan fingerprint density at radius 3 is 2.16 bits per heavy atom. The monoisotopic (exact) mass is 446 g/mol. The van der Waals surface area contributed by atoms with Gasteiger partial charge >= 0.3 is 0 Å². The van der Waals surface area contributed by atoms with Crippen LogP contribution in [0.25, 0.3) is 10.8 Å². The van der Waals surface area contributed by atoms with Crippen LogP contribution >= 0.6 is 11.6 Å². The number of fused-ring (bicyclic) bond motifs is 1. The quantitative estimate of drug-likeness (QED) is 0.474. The summed E-state index contributed by atoms with van der Waals surface area (Å²) in [5.74, 6) is -1.23. The maximum atomic E-state index is 13.0. The highest BCUT2D eigenvalue weighted by Gasteiger charge is 2.20. The van der Waals surface area contributed by atoms with Crippen LogP contribution in [0.1, 0.15) is 27.7 Å². The Balaban J connectivity index is 1.68. The highest BCUT2D eigenvalue weighted by Crippen LogP contribution is 2.23. The Labute approximate surface area is 188 Å². The number of nitrogens with zero attached hydrogens (tertiary/aromatic N) is 2. The van der Waals surface area contributed by atoms with Crippen LogP contribution in [0.4, 0.5) is 0 Å². The van der Waals surface area contributed by atoms with E-state index in [1.807, 2.05) is 42.5 Å². The summed E-state index contributed by atoms with van der Waals surface area (Å²) < 4.78 is 0.960. The van der Waals surface area contributed by atoms with E-state index in [0.717, 1.165) is 15.8 Å². The minimum atomic E-state index is -0.779. The SMILES string of the molecule is NC(=O)c1nn(CC(=O)N[C@@H](c2ccccc2)c2ccc(Cl)cc2)c(=O)c2ccccc12. The van der Waals surface area contributed by atoms with Gasteiger partial charge in [-0.3, -0.25) is 14.4 Å². The molecule has 0 aliphatic heterocycles. The molecule has 160 valence electrons. The van der Waals surface area contributed by atoms with E-state index in [9.17, 15) is 14.4 Å². The second kappa shape index (κ2) is 9.03. The molecule has 0 aliphatic rings. The van der Waals surface area contributed by atoms with Gasteiger partial charge in [-0.25, -0.2) is 4.68 Å². The molecule has 3 aromatic carbocycles. The summed E-state index contributed by atoms with van der Waals surface area (Å²) in [6, 6.07) is 22.6. The number of aromatic nitrogens is 2. The Morgan fingerprint density at radius 2 is 1.50 bits per heavy atom. The van der Waals surface area contributed by atoms with Crippen LogP contribution in [0, 0.1) is 0 Å². The normalized spacial score (nSPS) is 11.8.